The Bertz CT molecular complexity index is 698. The summed E-state index contributed by atoms with van der Waals surface area (Å²) >= 11 is 0. The first-order valence-electron chi connectivity index (χ1n) is 9.75. The van der Waals surface area contributed by atoms with Gasteiger partial charge in [0, 0.05) is 5.41 Å². The number of aromatic hydroxyl groups is 1. The highest BCUT2D eigenvalue weighted by Crippen LogP contribution is 2.41. The number of carbonyl (C=O) groups excluding carboxylic acids is 1. The van der Waals surface area contributed by atoms with Crippen LogP contribution in [0, 0.1) is 16.7 Å². The van der Waals surface area contributed by atoms with Crippen molar-refractivity contribution in [2.24, 2.45) is 16.7 Å². The van der Waals surface area contributed by atoms with E-state index in [0.717, 1.165) is 29.2 Å². The quantitative estimate of drug-likeness (QED) is 0.594. The Balaban J connectivity index is 0.000000461. The number of hydrogen-bond donors (Lipinski definition) is 1. The van der Waals surface area contributed by atoms with Gasteiger partial charge in [0.2, 0.25) is 0 Å². The summed E-state index contributed by atoms with van der Waals surface area (Å²) in [6, 6.07) is 11.0. The smallest absolute Gasteiger partial charge is 0.126 e. The van der Waals surface area contributed by atoms with Gasteiger partial charge in [0.1, 0.15) is 17.8 Å². The molecule has 0 fully saturated rings. The highest BCUT2D eigenvalue weighted by Gasteiger charge is 2.37. The number of benzene rings is 2. The molecule has 2 aromatic carbocycles. The third-order valence-corrected chi connectivity index (χ3v) is 4.84. The van der Waals surface area contributed by atoms with E-state index in [0.29, 0.717) is 5.92 Å². The molecule has 0 bridgehead atoms. The fourth-order valence-electron chi connectivity index (χ4n) is 2.72. The molecule has 0 aliphatic heterocycles. The molecule has 2 rings (SSSR count). The van der Waals surface area contributed by atoms with Gasteiger partial charge in [0.05, 0.1) is 7.11 Å². The molecular weight excluding hydrogens is 336 g/mol. The maximum atomic E-state index is 11.0. The lowest BCUT2D eigenvalue weighted by Crippen LogP contribution is -2.35. The molecule has 0 aliphatic rings. The molecule has 0 spiro atoms. The predicted molar refractivity (Wildman–Crippen MR) is 117 cm³/mol. The Morgan fingerprint density at radius 1 is 1.00 bits per heavy atom. The molecular formula is C24H38O3. The standard InChI is InChI=1S/C11H10O2.C11H22O.C2H6/c1-13-11-5-3-8-6-10(12)4-2-9(8)7-11;1-9(2)7-11(6,8-12)10(3,4)5;1-2/h2-7,12H,1H3;8-9H,7H2,1-6H3;1-2H3. The molecule has 3 nitrogen and oxygen atoms in total. The minimum atomic E-state index is -0.179. The van der Waals surface area contributed by atoms with E-state index in [1.165, 1.54) is 0 Å². The Morgan fingerprint density at radius 2 is 1.52 bits per heavy atom. The summed E-state index contributed by atoms with van der Waals surface area (Å²) in [6.45, 7) is 16.8. The monoisotopic (exact) mass is 374 g/mol. The van der Waals surface area contributed by atoms with E-state index < -0.39 is 0 Å². The molecule has 0 aliphatic carbocycles. The van der Waals surface area contributed by atoms with Crippen LogP contribution in [0.5, 0.6) is 11.5 Å². The number of phenolic OH excluding ortho intramolecular Hbond substituents is 1. The number of hydrogen-bond acceptors (Lipinski definition) is 3. The third-order valence-electron chi connectivity index (χ3n) is 4.84. The van der Waals surface area contributed by atoms with Crippen LogP contribution in [0.3, 0.4) is 0 Å². The zero-order valence-corrected chi connectivity index (χ0v) is 18.6. The third kappa shape index (κ3) is 7.62. The van der Waals surface area contributed by atoms with Crippen LogP contribution >= 0.6 is 0 Å². The summed E-state index contributed by atoms with van der Waals surface area (Å²) in [6.07, 6.45) is 2.09. The molecule has 152 valence electrons. The fourth-order valence-corrected chi connectivity index (χ4v) is 2.72. The van der Waals surface area contributed by atoms with Crippen LogP contribution in [0.15, 0.2) is 36.4 Å². The summed E-state index contributed by atoms with van der Waals surface area (Å²) in [5.41, 5.74) is -0.111. The molecule has 0 radical (unpaired) electrons. The second-order valence-corrected chi connectivity index (χ2v) is 8.28. The van der Waals surface area contributed by atoms with E-state index >= 15 is 0 Å². The van der Waals surface area contributed by atoms with Gasteiger partial charge >= 0.3 is 0 Å². The summed E-state index contributed by atoms with van der Waals surface area (Å²) < 4.78 is 5.09. The second-order valence-electron chi connectivity index (χ2n) is 8.28. The van der Waals surface area contributed by atoms with Gasteiger partial charge in [-0.25, -0.2) is 0 Å². The molecule has 0 aromatic heterocycles. The number of phenols is 1. The Kier molecular flexibility index (Phi) is 10.1. The molecule has 0 amide bonds. The largest absolute Gasteiger partial charge is 0.508 e. The van der Waals surface area contributed by atoms with E-state index in [2.05, 4.69) is 41.5 Å². The van der Waals surface area contributed by atoms with Crippen LogP contribution in [0.2, 0.25) is 0 Å². The normalized spacial score (nSPS) is 13.0. The van der Waals surface area contributed by atoms with Crippen molar-refractivity contribution in [3.8, 4) is 11.5 Å². The topological polar surface area (TPSA) is 46.5 Å². The Hall–Kier alpha value is -2.03. The van der Waals surface area contributed by atoms with Crippen LogP contribution in [-0.2, 0) is 4.79 Å². The van der Waals surface area contributed by atoms with Gasteiger partial charge < -0.3 is 14.6 Å². The Labute approximate surface area is 165 Å². The molecule has 0 saturated heterocycles. The average molecular weight is 375 g/mol. The summed E-state index contributed by atoms with van der Waals surface area (Å²) in [5, 5.41) is 11.3. The van der Waals surface area contributed by atoms with E-state index in [-0.39, 0.29) is 16.6 Å². The highest BCUT2D eigenvalue weighted by molar-refractivity contribution is 5.85. The van der Waals surface area contributed by atoms with Crippen LogP contribution in [0.1, 0.15) is 61.8 Å². The van der Waals surface area contributed by atoms with Crippen molar-refractivity contribution >= 4 is 17.1 Å². The number of aldehydes is 1. The van der Waals surface area contributed by atoms with Gasteiger partial charge in [0.25, 0.3) is 0 Å². The van der Waals surface area contributed by atoms with Crippen LogP contribution in [0.4, 0.5) is 0 Å². The minimum Gasteiger partial charge on any atom is -0.508 e. The summed E-state index contributed by atoms with van der Waals surface area (Å²) in [7, 11) is 1.64. The van der Waals surface area contributed by atoms with Gasteiger partial charge in [-0.05, 0) is 52.8 Å². The van der Waals surface area contributed by atoms with Gasteiger partial charge in [-0.2, -0.15) is 0 Å². The maximum Gasteiger partial charge on any atom is 0.126 e. The number of rotatable bonds is 4. The molecule has 2 aromatic rings. The van der Waals surface area contributed by atoms with E-state index in [9.17, 15) is 9.90 Å². The summed E-state index contributed by atoms with van der Waals surface area (Å²) in [4.78, 5) is 11.0. The number of fused-ring (bicyclic) bond motifs is 1. The van der Waals surface area contributed by atoms with Crippen molar-refractivity contribution in [2.45, 2.75) is 61.8 Å². The lowest BCUT2D eigenvalue weighted by Gasteiger charge is -2.38. The SMILES string of the molecule is CC.CC(C)CC(C)(C=O)C(C)(C)C.COc1ccc2cc(O)ccc2c1. The summed E-state index contributed by atoms with van der Waals surface area (Å²) in [5.74, 6) is 1.70. The zero-order valence-electron chi connectivity index (χ0n) is 18.6. The predicted octanol–water partition coefficient (Wildman–Crippen LogP) is 6.86. The van der Waals surface area contributed by atoms with Crippen LogP contribution in [-0.4, -0.2) is 18.5 Å². The van der Waals surface area contributed by atoms with Crippen LogP contribution in [0.25, 0.3) is 10.8 Å². The molecule has 0 heterocycles. The number of carbonyl (C=O) groups is 1. The molecule has 1 atom stereocenters. The van der Waals surface area contributed by atoms with E-state index in [1.807, 2.05) is 38.1 Å². The first-order chi connectivity index (χ1) is 12.5. The highest BCUT2D eigenvalue weighted by atomic mass is 16.5. The van der Waals surface area contributed by atoms with Crippen LogP contribution < -0.4 is 4.74 Å². The van der Waals surface area contributed by atoms with Crippen molar-refractivity contribution in [1.29, 1.82) is 0 Å². The van der Waals surface area contributed by atoms with Crippen molar-refractivity contribution in [2.75, 3.05) is 7.11 Å². The molecule has 27 heavy (non-hydrogen) atoms. The van der Waals surface area contributed by atoms with Gasteiger partial charge in [-0.1, -0.05) is 67.5 Å². The zero-order chi connectivity index (χ0) is 21.3. The average Bonchev–Trinajstić information content (AvgIpc) is 2.62. The lowest BCUT2D eigenvalue weighted by atomic mass is 9.65. The molecule has 1 N–H and O–H groups in total. The maximum absolute atomic E-state index is 11.0. The number of ether oxygens (including phenoxy) is 1. The molecule has 1 unspecified atom stereocenters. The van der Waals surface area contributed by atoms with E-state index in [1.54, 1.807) is 19.2 Å². The number of methoxy groups -OCH3 is 1. The first-order valence-corrected chi connectivity index (χ1v) is 9.75. The lowest BCUT2D eigenvalue weighted by molar-refractivity contribution is -0.121. The first kappa shape index (κ1) is 25.0. The molecule has 0 saturated carbocycles. The van der Waals surface area contributed by atoms with Crippen molar-refractivity contribution < 1.29 is 14.6 Å². The van der Waals surface area contributed by atoms with Gasteiger partial charge in [-0.3, -0.25) is 0 Å². The van der Waals surface area contributed by atoms with Gasteiger partial charge in [0.15, 0.2) is 0 Å². The van der Waals surface area contributed by atoms with Crippen molar-refractivity contribution in [1.82, 2.24) is 0 Å². The second kappa shape index (κ2) is 11.0. The van der Waals surface area contributed by atoms with Gasteiger partial charge in [-0.15, -0.1) is 0 Å². The minimum absolute atomic E-state index is 0.0685. The van der Waals surface area contributed by atoms with Crippen molar-refractivity contribution in [3.05, 3.63) is 36.4 Å². The van der Waals surface area contributed by atoms with E-state index in [4.69, 9.17) is 4.74 Å². The molecule has 3 heteroatoms. The Morgan fingerprint density at radius 3 is 1.93 bits per heavy atom. The van der Waals surface area contributed by atoms with Crippen molar-refractivity contribution in [3.63, 3.8) is 0 Å². The fraction of sp³-hybridized carbons (Fsp3) is 0.542.